The highest BCUT2D eigenvalue weighted by Gasteiger charge is 2.31. The molecule has 0 unspecified atom stereocenters. The van der Waals surface area contributed by atoms with Crippen molar-refractivity contribution in [1.29, 1.82) is 0 Å². The van der Waals surface area contributed by atoms with Crippen LogP contribution in [0.2, 0.25) is 0 Å². The van der Waals surface area contributed by atoms with Crippen molar-refractivity contribution in [3.63, 3.8) is 0 Å². The molecule has 4 aromatic carbocycles. The molecule has 6 aromatic rings. The molecule has 21 heteroatoms. The fraction of sp³-hybridized carbons (Fsp3) is 0.200. The summed E-state index contributed by atoms with van der Waals surface area (Å²) < 4.78 is 82.1. The van der Waals surface area contributed by atoms with Crippen LogP contribution in [0.5, 0.6) is 0 Å². The summed E-state index contributed by atoms with van der Waals surface area (Å²) in [6, 6.07) is 23.2. The van der Waals surface area contributed by atoms with Crippen LogP contribution in [-0.2, 0) is 39.8 Å². The summed E-state index contributed by atoms with van der Waals surface area (Å²) in [5, 5.41) is 44.9. The number of nitrogens with zero attached hydrogens (tertiary/aromatic N) is 8. The number of aliphatic hydroxyl groups is 1. The molecule has 0 aliphatic rings. The average molecular weight is 787 g/mol. The largest absolute Gasteiger partial charge is 0.480 e. The first-order chi connectivity index (χ1) is 26.7. The van der Waals surface area contributed by atoms with Crippen LogP contribution in [0.25, 0.3) is 22.8 Å². The Hall–Kier alpha value is -6.90. The fourth-order valence-electron chi connectivity index (χ4n) is 4.71. The van der Waals surface area contributed by atoms with E-state index in [1.807, 2.05) is 0 Å². The summed E-state index contributed by atoms with van der Waals surface area (Å²) in [6.45, 7) is 1.29. The Morgan fingerprint density at radius 2 is 1.09 bits per heavy atom. The standard InChI is InChI=1S/C18H16F3N5O2.C16H12F3N5O2.CH4O/c1-2-28-16(27)11-26-24-17(23-25-26)14-8-3-4-9-15(14)22-13-7-5-6-12(10-13)18(19,20)21;17-16(18,19)10-4-3-5-11(8-10)20-13-7-2-1-6-12(13)15-21-23-24(22-15)9-14(25)26;1-2/h3-10,22H,2,11H2,1H3;1-8,20H,9H2,(H,25,26);2H,1H3. The molecule has 0 aliphatic carbocycles. The number of para-hydroxylation sites is 2. The number of carboxylic acid groups (broad SMARTS) is 1. The van der Waals surface area contributed by atoms with Gasteiger partial charge in [-0.3, -0.25) is 4.79 Å². The molecular weight excluding hydrogens is 754 g/mol. The van der Waals surface area contributed by atoms with E-state index < -0.39 is 42.0 Å². The van der Waals surface area contributed by atoms with E-state index in [0.29, 0.717) is 22.5 Å². The van der Waals surface area contributed by atoms with Crippen LogP contribution in [0, 0.1) is 0 Å². The van der Waals surface area contributed by atoms with E-state index in [-0.39, 0.29) is 36.2 Å². The molecule has 0 radical (unpaired) electrons. The number of alkyl halides is 6. The van der Waals surface area contributed by atoms with Gasteiger partial charge in [-0.25, -0.2) is 4.79 Å². The number of nitrogens with one attached hydrogen (secondary N) is 2. The maximum atomic E-state index is 12.9. The molecule has 0 bridgehead atoms. The molecule has 0 saturated carbocycles. The Labute approximate surface area is 313 Å². The highest BCUT2D eigenvalue weighted by Crippen LogP contribution is 2.34. The number of carbonyl (C=O) groups excluding carboxylic acids is 1. The minimum Gasteiger partial charge on any atom is -0.480 e. The quantitative estimate of drug-likeness (QED) is 0.0826. The number of anilines is 4. The summed E-state index contributed by atoms with van der Waals surface area (Å²) in [7, 11) is 1.00. The maximum Gasteiger partial charge on any atom is 0.416 e. The lowest BCUT2D eigenvalue weighted by molar-refractivity contribution is -0.144. The number of tetrazole rings is 2. The van der Waals surface area contributed by atoms with Crippen molar-refractivity contribution in [2.75, 3.05) is 24.4 Å². The van der Waals surface area contributed by atoms with Gasteiger partial charge in [-0.1, -0.05) is 36.4 Å². The van der Waals surface area contributed by atoms with Crippen molar-refractivity contribution in [2.24, 2.45) is 0 Å². The smallest absolute Gasteiger partial charge is 0.416 e. The molecular formula is C35H32F6N10O5. The zero-order valence-corrected chi connectivity index (χ0v) is 29.3. The number of rotatable bonds is 11. The minimum atomic E-state index is -4.45. The SMILES string of the molecule is CCOC(=O)Cn1nnc(-c2ccccc2Nc2cccc(C(F)(F)F)c2)n1.CO.O=C(O)Cn1nnc(-c2ccccc2Nc2cccc(C(F)(F)F)c2)n1. The monoisotopic (exact) mass is 786 g/mol. The summed E-state index contributed by atoms with van der Waals surface area (Å²) in [6.07, 6.45) is -8.88. The van der Waals surface area contributed by atoms with Gasteiger partial charge in [0.15, 0.2) is 13.1 Å². The summed E-state index contributed by atoms with van der Waals surface area (Å²) in [4.78, 5) is 24.2. The Kier molecular flexibility index (Phi) is 14.1. The molecule has 0 saturated heterocycles. The van der Waals surface area contributed by atoms with Crippen molar-refractivity contribution in [2.45, 2.75) is 32.4 Å². The van der Waals surface area contributed by atoms with Crippen LogP contribution in [0.4, 0.5) is 49.1 Å². The van der Waals surface area contributed by atoms with Gasteiger partial charge in [0.1, 0.15) is 0 Å². The highest BCUT2D eigenvalue weighted by atomic mass is 19.4. The lowest BCUT2D eigenvalue weighted by Gasteiger charge is -2.12. The van der Waals surface area contributed by atoms with Crippen LogP contribution < -0.4 is 10.6 Å². The van der Waals surface area contributed by atoms with Crippen molar-refractivity contribution in [3.05, 3.63) is 108 Å². The number of ether oxygens (including phenoxy) is 1. The second-order valence-corrected chi connectivity index (χ2v) is 11.0. The second kappa shape index (κ2) is 18.9. The Balaban J connectivity index is 0.000000239. The molecule has 6 rings (SSSR count). The van der Waals surface area contributed by atoms with Gasteiger partial charge in [0, 0.05) is 41.0 Å². The Morgan fingerprint density at radius 1 is 0.661 bits per heavy atom. The molecule has 294 valence electrons. The van der Waals surface area contributed by atoms with E-state index in [1.165, 1.54) is 24.3 Å². The molecule has 0 amide bonds. The minimum absolute atomic E-state index is 0.154. The van der Waals surface area contributed by atoms with E-state index in [0.717, 1.165) is 41.0 Å². The number of aromatic nitrogens is 8. The number of hydrogen-bond acceptors (Lipinski definition) is 12. The number of aliphatic carboxylic acids is 1. The van der Waals surface area contributed by atoms with E-state index in [4.69, 9.17) is 14.9 Å². The van der Waals surface area contributed by atoms with Crippen molar-refractivity contribution in [3.8, 4) is 22.8 Å². The Morgan fingerprint density at radius 3 is 1.50 bits per heavy atom. The molecule has 0 fully saturated rings. The lowest BCUT2D eigenvalue weighted by Crippen LogP contribution is -2.15. The molecule has 0 atom stereocenters. The van der Waals surface area contributed by atoms with E-state index in [9.17, 15) is 35.9 Å². The van der Waals surface area contributed by atoms with Crippen LogP contribution in [0.15, 0.2) is 97.1 Å². The summed E-state index contributed by atoms with van der Waals surface area (Å²) in [5.74, 6) is -1.24. The van der Waals surface area contributed by atoms with Gasteiger partial charge in [-0.15, -0.1) is 20.4 Å². The number of halogens is 6. The first-order valence-corrected chi connectivity index (χ1v) is 16.1. The first-order valence-electron chi connectivity index (χ1n) is 16.1. The van der Waals surface area contributed by atoms with E-state index in [1.54, 1.807) is 55.5 Å². The molecule has 15 nitrogen and oxygen atoms in total. The van der Waals surface area contributed by atoms with Gasteiger partial charge in [0.2, 0.25) is 11.6 Å². The number of carboxylic acids is 1. The van der Waals surface area contributed by atoms with Crippen molar-refractivity contribution >= 4 is 34.7 Å². The highest BCUT2D eigenvalue weighted by molar-refractivity contribution is 5.78. The molecule has 0 spiro atoms. The number of esters is 1. The van der Waals surface area contributed by atoms with Crippen LogP contribution >= 0.6 is 0 Å². The third-order valence-corrected chi connectivity index (χ3v) is 7.03. The van der Waals surface area contributed by atoms with Gasteiger partial charge >= 0.3 is 24.3 Å². The molecule has 4 N–H and O–H groups in total. The predicted molar refractivity (Wildman–Crippen MR) is 188 cm³/mol. The zero-order valence-electron chi connectivity index (χ0n) is 29.3. The van der Waals surface area contributed by atoms with Crippen molar-refractivity contribution < 1.29 is 50.9 Å². The normalized spacial score (nSPS) is 11.0. The summed E-state index contributed by atoms with van der Waals surface area (Å²) >= 11 is 0. The van der Waals surface area contributed by atoms with Crippen LogP contribution in [0.1, 0.15) is 18.1 Å². The Bertz CT molecular complexity index is 2230. The van der Waals surface area contributed by atoms with Crippen molar-refractivity contribution in [1.82, 2.24) is 40.4 Å². The van der Waals surface area contributed by atoms with E-state index >= 15 is 0 Å². The van der Waals surface area contributed by atoms with E-state index in [2.05, 4.69) is 41.5 Å². The molecule has 2 heterocycles. The third-order valence-electron chi connectivity index (χ3n) is 7.03. The second-order valence-electron chi connectivity index (χ2n) is 11.0. The summed E-state index contributed by atoms with van der Waals surface area (Å²) in [5.41, 5.74) is 0.932. The molecule has 2 aromatic heterocycles. The lowest BCUT2D eigenvalue weighted by atomic mass is 10.1. The number of hydrogen-bond donors (Lipinski definition) is 4. The predicted octanol–water partition coefficient (Wildman–Crippen LogP) is 6.46. The molecule has 56 heavy (non-hydrogen) atoms. The average Bonchev–Trinajstić information content (AvgIpc) is 3.82. The first kappa shape index (κ1) is 41.9. The van der Waals surface area contributed by atoms with Crippen LogP contribution in [-0.4, -0.2) is 76.3 Å². The molecule has 0 aliphatic heterocycles. The van der Waals surface area contributed by atoms with Gasteiger partial charge in [0.05, 0.1) is 17.7 Å². The van der Waals surface area contributed by atoms with Crippen LogP contribution in [0.3, 0.4) is 0 Å². The topological polar surface area (TPSA) is 195 Å². The number of carbonyl (C=O) groups is 2. The van der Waals surface area contributed by atoms with Gasteiger partial charge < -0.3 is 25.6 Å². The zero-order chi connectivity index (χ0) is 40.9. The van der Waals surface area contributed by atoms with Gasteiger partial charge in [-0.2, -0.15) is 35.9 Å². The number of benzene rings is 4. The third kappa shape index (κ3) is 11.8. The maximum absolute atomic E-state index is 12.9. The fourth-order valence-corrected chi connectivity index (χ4v) is 4.71. The number of aliphatic hydroxyl groups excluding tert-OH is 1. The van der Waals surface area contributed by atoms with Gasteiger partial charge in [0.25, 0.3) is 0 Å². The van der Waals surface area contributed by atoms with Gasteiger partial charge in [-0.05, 0) is 78.0 Å².